The van der Waals surface area contributed by atoms with Gasteiger partial charge in [0.25, 0.3) is 0 Å². The van der Waals surface area contributed by atoms with Gasteiger partial charge in [-0.15, -0.1) is 0 Å². The number of phenols is 1. The summed E-state index contributed by atoms with van der Waals surface area (Å²) in [6, 6.07) is 14.6. The number of carbonyl (C=O) groups excluding carboxylic acids is 4. The number of rotatable bonds is 5. The van der Waals surface area contributed by atoms with Crippen LogP contribution in [0, 0.1) is 23.7 Å². The van der Waals surface area contributed by atoms with Gasteiger partial charge in [-0.3, -0.25) is 24.1 Å². The number of amides is 1. The highest BCUT2D eigenvalue weighted by atomic mass is 16.3. The molecule has 3 fully saturated rings. The number of carbonyl (C=O) groups is 4. The summed E-state index contributed by atoms with van der Waals surface area (Å²) in [7, 11) is 3.27. The molecule has 0 aromatic heterocycles. The van der Waals surface area contributed by atoms with Crippen LogP contribution >= 0.6 is 0 Å². The Morgan fingerprint density at radius 3 is 2.33 bits per heavy atom. The molecule has 3 unspecified atom stereocenters. The van der Waals surface area contributed by atoms with E-state index in [1.165, 1.54) is 24.5 Å². The standard InChI is InChI=1S/C36H39N3O7/c1-38(2)30-25-16-19-15-24-23(22-10-9-18(17-39-13-5-6-14-39)20-7-3-4-8-21(20)22)11-12-26(40)28(24)31(41)27(19)33(43)36(25,46)34(44)29(32(30)42)35(37)45/h3-4,7-12,19,25,27,29-30,32,40,42,46H,5-6,13-17H2,1-2H3,(H2,37,45)/t19-,25-,27?,29?,30-,32?,36-/m1/s1. The second-order valence-electron chi connectivity index (χ2n) is 13.8. The monoisotopic (exact) mass is 625 g/mol. The van der Waals surface area contributed by atoms with Gasteiger partial charge in [0.15, 0.2) is 23.0 Å². The lowest BCUT2D eigenvalue weighted by Gasteiger charge is -2.54. The van der Waals surface area contributed by atoms with Crippen LogP contribution in [0.1, 0.15) is 40.7 Å². The number of phenolic OH excluding ortho intramolecular Hbond substituents is 1. The Morgan fingerprint density at radius 2 is 1.65 bits per heavy atom. The Morgan fingerprint density at radius 1 is 0.978 bits per heavy atom. The molecule has 7 atom stereocenters. The zero-order valence-electron chi connectivity index (χ0n) is 26.0. The third-order valence-corrected chi connectivity index (χ3v) is 11.1. The Labute approximate surface area is 266 Å². The summed E-state index contributed by atoms with van der Waals surface area (Å²) in [5, 5.41) is 36.2. The summed E-state index contributed by atoms with van der Waals surface area (Å²) in [5.41, 5.74) is 6.31. The van der Waals surface area contributed by atoms with Crippen molar-refractivity contribution in [1.29, 1.82) is 0 Å². The van der Waals surface area contributed by atoms with E-state index in [0.29, 0.717) is 5.56 Å². The molecule has 1 aliphatic heterocycles. The molecule has 46 heavy (non-hydrogen) atoms. The predicted molar refractivity (Wildman–Crippen MR) is 170 cm³/mol. The van der Waals surface area contributed by atoms with Crippen molar-refractivity contribution in [2.75, 3.05) is 27.2 Å². The second-order valence-corrected chi connectivity index (χ2v) is 13.8. The molecule has 4 aliphatic rings. The third-order valence-electron chi connectivity index (χ3n) is 11.1. The lowest BCUT2D eigenvalue weighted by Crippen LogP contribution is -2.75. The summed E-state index contributed by atoms with van der Waals surface area (Å²) < 4.78 is 0. The van der Waals surface area contributed by atoms with Crippen molar-refractivity contribution in [3.8, 4) is 16.9 Å². The minimum absolute atomic E-state index is 0.0123. The molecule has 7 rings (SSSR count). The highest BCUT2D eigenvalue weighted by Gasteiger charge is 2.69. The number of aromatic hydroxyl groups is 1. The van der Waals surface area contributed by atoms with Gasteiger partial charge >= 0.3 is 0 Å². The number of aliphatic hydroxyl groups excluding tert-OH is 1. The van der Waals surface area contributed by atoms with Crippen molar-refractivity contribution in [2.24, 2.45) is 29.4 Å². The van der Waals surface area contributed by atoms with Gasteiger partial charge in [0.05, 0.1) is 17.6 Å². The molecule has 3 aromatic carbocycles. The number of benzene rings is 3. The minimum Gasteiger partial charge on any atom is -0.507 e. The largest absolute Gasteiger partial charge is 0.507 e. The molecule has 2 saturated carbocycles. The molecule has 1 heterocycles. The Kier molecular flexibility index (Phi) is 7.39. The average Bonchev–Trinajstić information content (AvgIpc) is 3.52. The van der Waals surface area contributed by atoms with E-state index in [1.807, 2.05) is 12.1 Å². The number of aliphatic hydroxyl groups is 2. The number of nitrogens with two attached hydrogens (primary N) is 1. The van der Waals surface area contributed by atoms with E-state index in [1.54, 1.807) is 25.1 Å². The van der Waals surface area contributed by atoms with Gasteiger partial charge in [-0.2, -0.15) is 0 Å². The summed E-state index contributed by atoms with van der Waals surface area (Å²) in [6.07, 6.45) is 1.16. The topological polar surface area (TPSA) is 161 Å². The number of nitrogens with zero attached hydrogens (tertiary/aromatic N) is 2. The van der Waals surface area contributed by atoms with E-state index in [0.717, 1.165) is 41.5 Å². The van der Waals surface area contributed by atoms with Gasteiger partial charge in [0, 0.05) is 18.5 Å². The first-order chi connectivity index (χ1) is 21.9. The molecule has 0 bridgehead atoms. The van der Waals surface area contributed by atoms with Crippen molar-refractivity contribution in [1.82, 2.24) is 9.80 Å². The van der Waals surface area contributed by atoms with E-state index in [-0.39, 0.29) is 24.2 Å². The second kappa shape index (κ2) is 11.1. The van der Waals surface area contributed by atoms with E-state index in [4.69, 9.17) is 5.73 Å². The summed E-state index contributed by atoms with van der Waals surface area (Å²) in [6.45, 7) is 2.99. The highest BCUT2D eigenvalue weighted by Crippen LogP contribution is 2.52. The van der Waals surface area contributed by atoms with E-state index in [9.17, 15) is 34.5 Å². The molecule has 0 radical (unpaired) electrons. The molecule has 10 heteroatoms. The van der Waals surface area contributed by atoms with Crippen LogP contribution < -0.4 is 5.73 Å². The first-order valence-corrected chi connectivity index (χ1v) is 16.0. The average molecular weight is 626 g/mol. The molecule has 0 spiro atoms. The summed E-state index contributed by atoms with van der Waals surface area (Å²) in [4.78, 5) is 58.3. The molecular weight excluding hydrogens is 586 g/mol. The number of Topliss-reactive ketones (excluding diaryl/α,β-unsaturated/α-hetero) is 3. The number of likely N-dealkylation sites (tertiary alicyclic amines) is 1. The fourth-order valence-electron chi connectivity index (χ4n) is 8.99. The quantitative estimate of drug-likeness (QED) is 0.311. The van der Waals surface area contributed by atoms with Gasteiger partial charge in [-0.1, -0.05) is 42.5 Å². The van der Waals surface area contributed by atoms with Crippen LogP contribution in [-0.4, -0.2) is 93.3 Å². The Balaban J connectivity index is 1.34. The van der Waals surface area contributed by atoms with Crippen LogP contribution in [0.25, 0.3) is 21.9 Å². The van der Waals surface area contributed by atoms with Crippen molar-refractivity contribution in [2.45, 2.75) is 50.0 Å². The molecule has 10 nitrogen and oxygen atoms in total. The Bertz CT molecular complexity index is 1800. The van der Waals surface area contributed by atoms with Gasteiger partial charge in [0.2, 0.25) is 5.91 Å². The van der Waals surface area contributed by atoms with Gasteiger partial charge in [-0.25, -0.2) is 0 Å². The fraction of sp³-hybridized carbons (Fsp3) is 0.444. The predicted octanol–water partition coefficient (Wildman–Crippen LogP) is 2.07. The first-order valence-electron chi connectivity index (χ1n) is 16.0. The van der Waals surface area contributed by atoms with Crippen LogP contribution in [0.15, 0.2) is 48.5 Å². The maximum Gasteiger partial charge on any atom is 0.230 e. The lowest BCUT2D eigenvalue weighted by molar-refractivity contribution is -0.190. The number of fused-ring (bicyclic) bond motifs is 4. The smallest absolute Gasteiger partial charge is 0.230 e. The first kappa shape index (κ1) is 30.7. The van der Waals surface area contributed by atoms with Crippen LogP contribution in [0.3, 0.4) is 0 Å². The molecule has 240 valence electrons. The van der Waals surface area contributed by atoms with Crippen LogP contribution in [-0.2, 0) is 27.3 Å². The number of likely N-dealkylation sites (N-methyl/N-ethyl adjacent to an activating group) is 1. The van der Waals surface area contributed by atoms with Crippen molar-refractivity contribution >= 4 is 34.0 Å². The number of hydrogen-bond donors (Lipinski definition) is 4. The van der Waals surface area contributed by atoms with Crippen molar-refractivity contribution in [3.05, 3.63) is 65.2 Å². The minimum atomic E-state index is -2.68. The number of primary amides is 1. The van der Waals surface area contributed by atoms with Crippen LogP contribution in [0.2, 0.25) is 0 Å². The normalized spacial score (nSPS) is 31.2. The summed E-state index contributed by atoms with van der Waals surface area (Å²) in [5.74, 6) is -9.13. The molecule has 5 N–H and O–H groups in total. The van der Waals surface area contributed by atoms with Crippen LogP contribution in [0.4, 0.5) is 0 Å². The fourth-order valence-corrected chi connectivity index (χ4v) is 8.99. The molecule has 3 aliphatic carbocycles. The summed E-state index contributed by atoms with van der Waals surface area (Å²) >= 11 is 0. The van der Waals surface area contributed by atoms with E-state index >= 15 is 0 Å². The molecule has 1 saturated heterocycles. The zero-order chi connectivity index (χ0) is 32.7. The van der Waals surface area contributed by atoms with Crippen LogP contribution in [0.5, 0.6) is 5.75 Å². The van der Waals surface area contributed by atoms with Gasteiger partial charge in [-0.05, 0) is 97.9 Å². The maximum absolute atomic E-state index is 14.2. The highest BCUT2D eigenvalue weighted by molar-refractivity contribution is 6.25. The lowest BCUT2D eigenvalue weighted by atomic mass is 9.52. The number of hydrogen-bond acceptors (Lipinski definition) is 9. The molecular formula is C36H39N3O7. The molecule has 3 aromatic rings. The zero-order valence-corrected chi connectivity index (χ0v) is 26.0. The maximum atomic E-state index is 14.2. The van der Waals surface area contributed by atoms with Crippen molar-refractivity contribution < 1.29 is 34.5 Å². The van der Waals surface area contributed by atoms with E-state index in [2.05, 4.69) is 29.2 Å². The van der Waals surface area contributed by atoms with Gasteiger partial charge in [0.1, 0.15) is 11.7 Å². The SMILES string of the molecule is CN(C)[C@H]1C(O)C(C(N)=O)C(=O)[C@]2(O)C(=O)C3C(=O)c4c(O)ccc(-c5ccc(CN6CCCC6)c6ccccc56)c4C[C@@H]3C[C@H]12. The van der Waals surface area contributed by atoms with Crippen molar-refractivity contribution in [3.63, 3.8) is 0 Å². The third kappa shape index (κ3) is 4.38. The van der Waals surface area contributed by atoms with E-state index < -0.39 is 64.7 Å². The van der Waals surface area contributed by atoms with Gasteiger partial charge < -0.3 is 26.0 Å². The number of ketones is 3. The Hall–Kier alpha value is -3.96. The molecule has 1 amide bonds.